The maximum absolute atomic E-state index is 10.6. The zero-order chi connectivity index (χ0) is 13.3. The van der Waals surface area contributed by atoms with Crippen LogP contribution in [-0.2, 0) is 0 Å². The van der Waals surface area contributed by atoms with E-state index in [1.165, 1.54) is 0 Å². The number of rotatable bonds is 1. The Labute approximate surface area is 109 Å². The predicted molar refractivity (Wildman–Crippen MR) is 68.8 cm³/mol. The van der Waals surface area contributed by atoms with Gasteiger partial charge >= 0.3 is 0 Å². The maximum atomic E-state index is 10.6. The third kappa shape index (κ3) is 1.41. The molecule has 0 bridgehead atoms. The first-order valence-corrected chi connectivity index (χ1v) is 7.28. The Morgan fingerprint density at radius 2 is 1.72 bits per heavy atom. The second kappa shape index (κ2) is 3.71. The minimum absolute atomic E-state index is 0.0338. The lowest BCUT2D eigenvalue weighted by molar-refractivity contribution is -0.236. The Hall–Kier alpha value is -0.120. The largest absolute Gasteiger partial charge is 0.396 e. The van der Waals surface area contributed by atoms with Crippen LogP contribution < -0.4 is 0 Å². The molecule has 3 saturated carbocycles. The fourth-order valence-corrected chi connectivity index (χ4v) is 5.43. The molecule has 3 nitrogen and oxygen atoms in total. The van der Waals surface area contributed by atoms with Gasteiger partial charge in [-0.15, -0.1) is 0 Å². The first-order valence-electron chi connectivity index (χ1n) is 7.28. The van der Waals surface area contributed by atoms with E-state index in [1.807, 2.05) is 0 Å². The van der Waals surface area contributed by atoms with Gasteiger partial charge in [-0.3, -0.25) is 0 Å². The number of fused-ring (bicyclic) bond motifs is 3. The average Bonchev–Trinajstić information content (AvgIpc) is 2.63. The van der Waals surface area contributed by atoms with Crippen LogP contribution in [0.4, 0.5) is 0 Å². The van der Waals surface area contributed by atoms with Crippen LogP contribution in [-0.4, -0.2) is 34.1 Å². The molecule has 0 aliphatic heterocycles. The molecule has 0 aromatic rings. The van der Waals surface area contributed by atoms with Gasteiger partial charge in [0.05, 0.1) is 12.2 Å². The Balaban J connectivity index is 1.97. The van der Waals surface area contributed by atoms with E-state index in [4.69, 9.17) is 0 Å². The average molecular weight is 254 g/mol. The fourth-order valence-electron chi connectivity index (χ4n) is 5.43. The van der Waals surface area contributed by atoms with Gasteiger partial charge in [0.25, 0.3) is 0 Å². The van der Waals surface area contributed by atoms with E-state index in [2.05, 4.69) is 20.8 Å². The first-order chi connectivity index (χ1) is 8.31. The predicted octanol–water partition coefficient (Wildman–Crippen LogP) is 1.41. The van der Waals surface area contributed by atoms with E-state index < -0.39 is 0 Å². The van der Waals surface area contributed by atoms with Crippen molar-refractivity contribution in [2.24, 2.45) is 34.5 Å². The molecule has 104 valence electrons. The third-order valence-corrected chi connectivity index (χ3v) is 6.48. The smallest absolute Gasteiger partial charge is 0.0624 e. The molecule has 3 fully saturated rings. The van der Waals surface area contributed by atoms with E-state index in [0.717, 1.165) is 19.3 Å². The Morgan fingerprint density at radius 3 is 2.28 bits per heavy atom. The van der Waals surface area contributed by atoms with Crippen LogP contribution in [0.15, 0.2) is 0 Å². The quantitative estimate of drug-likeness (QED) is 0.663. The molecule has 0 aromatic carbocycles. The van der Waals surface area contributed by atoms with Crippen LogP contribution in [0.1, 0.15) is 40.0 Å². The monoisotopic (exact) mass is 254 g/mol. The SMILES string of the molecule is CC1(C)C[C@H]2[C@H](O)[C@@H](CO)[C@@H]3C[C@@H](O)[C@]3(C)[C@H]2C1. The summed E-state index contributed by atoms with van der Waals surface area (Å²) >= 11 is 0. The van der Waals surface area contributed by atoms with Crippen molar-refractivity contribution in [1.29, 1.82) is 0 Å². The van der Waals surface area contributed by atoms with Crippen LogP contribution in [0.25, 0.3) is 0 Å². The van der Waals surface area contributed by atoms with Gasteiger partial charge in [-0.25, -0.2) is 0 Å². The molecular weight excluding hydrogens is 228 g/mol. The molecule has 0 heterocycles. The highest BCUT2D eigenvalue weighted by molar-refractivity contribution is 5.15. The van der Waals surface area contributed by atoms with Crippen LogP contribution in [0.5, 0.6) is 0 Å². The molecule has 3 aliphatic carbocycles. The van der Waals surface area contributed by atoms with Crippen LogP contribution in [0.3, 0.4) is 0 Å². The third-order valence-electron chi connectivity index (χ3n) is 6.48. The first kappa shape index (κ1) is 12.9. The van der Waals surface area contributed by atoms with Gasteiger partial charge in [0.2, 0.25) is 0 Å². The van der Waals surface area contributed by atoms with E-state index >= 15 is 0 Å². The summed E-state index contributed by atoms with van der Waals surface area (Å²) in [6.45, 7) is 6.75. The highest BCUT2D eigenvalue weighted by atomic mass is 16.3. The topological polar surface area (TPSA) is 60.7 Å². The lowest BCUT2D eigenvalue weighted by Crippen LogP contribution is -2.66. The van der Waals surface area contributed by atoms with Gasteiger partial charge in [-0.2, -0.15) is 0 Å². The summed E-state index contributed by atoms with van der Waals surface area (Å²) in [4.78, 5) is 0. The second-order valence-electron chi connectivity index (χ2n) is 7.90. The number of hydrogen-bond acceptors (Lipinski definition) is 3. The van der Waals surface area contributed by atoms with Gasteiger partial charge in [-0.1, -0.05) is 20.8 Å². The molecule has 3 rings (SSSR count). The van der Waals surface area contributed by atoms with Gasteiger partial charge in [-0.05, 0) is 42.4 Å². The standard InChI is InChI=1S/C15H26O3/c1-14(2)5-8-11(6-14)15(3)10(4-12(15)17)9(7-16)13(8)18/h8-13,16-18H,4-7H2,1-3H3/t8-,9+,10+,11+,12-,13+,15+/m1/s1. The summed E-state index contributed by atoms with van der Waals surface area (Å²) in [5.74, 6) is 0.934. The number of aliphatic hydroxyl groups excluding tert-OH is 3. The molecule has 0 saturated heterocycles. The highest BCUT2D eigenvalue weighted by Crippen LogP contribution is 2.67. The van der Waals surface area contributed by atoms with Gasteiger partial charge in [0.15, 0.2) is 0 Å². The van der Waals surface area contributed by atoms with Crippen molar-refractivity contribution in [1.82, 2.24) is 0 Å². The molecule has 0 aromatic heterocycles. The molecule has 0 amide bonds. The lowest BCUT2D eigenvalue weighted by atomic mass is 9.43. The normalized spacial score (nSPS) is 57.7. The number of aliphatic hydroxyl groups is 3. The van der Waals surface area contributed by atoms with Crippen LogP contribution in [0.2, 0.25) is 0 Å². The summed E-state index contributed by atoms with van der Waals surface area (Å²) in [7, 11) is 0. The molecule has 3 aliphatic rings. The summed E-state index contributed by atoms with van der Waals surface area (Å²) in [6.07, 6.45) is 2.24. The van der Waals surface area contributed by atoms with Crippen molar-refractivity contribution >= 4 is 0 Å². The molecule has 0 spiro atoms. The molecule has 18 heavy (non-hydrogen) atoms. The molecule has 0 unspecified atom stereocenters. The highest BCUT2D eigenvalue weighted by Gasteiger charge is 2.67. The molecule has 3 N–H and O–H groups in total. The number of hydrogen-bond donors (Lipinski definition) is 3. The Bertz CT molecular complexity index is 354. The Kier molecular flexibility index (Phi) is 2.66. The summed E-state index contributed by atoms with van der Waals surface area (Å²) in [6, 6.07) is 0. The summed E-state index contributed by atoms with van der Waals surface area (Å²) in [5.41, 5.74) is 0.175. The second-order valence-corrected chi connectivity index (χ2v) is 7.90. The Morgan fingerprint density at radius 1 is 1.06 bits per heavy atom. The minimum Gasteiger partial charge on any atom is -0.396 e. The lowest BCUT2D eigenvalue weighted by Gasteiger charge is -2.64. The summed E-state index contributed by atoms with van der Waals surface area (Å²) in [5, 5.41) is 30.4. The zero-order valence-electron chi connectivity index (χ0n) is 11.6. The molecular formula is C15H26O3. The van der Waals surface area contributed by atoms with Crippen molar-refractivity contribution in [3.05, 3.63) is 0 Å². The van der Waals surface area contributed by atoms with Crippen LogP contribution in [0, 0.1) is 34.5 Å². The zero-order valence-corrected chi connectivity index (χ0v) is 11.6. The van der Waals surface area contributed by atoms with Crippen molar-refractivity contribution in [3.63, 3.8) is 0 Å². The summed E-state index contributed by atoms with van der Waals surface area (Å²) < 4.78 is 0. The van der Waals surface area contributed by atoms with Crippen LogP contribution >= 0.6 is 0 Å². The fraction of sp³-hybridized carbons (Fsp3) is 1.00. The minimum atomic E-state index is -0.382. The van der Waals surface area contributed by atoms with E-state index in [1.54, 1.807) is 0 Å². The molecule has 7 atom stereocenters. The van der Waals surface area contributed by atoms with Crippen molar-refractivity contribution in [2.45, 2.75) is 52.2 Å². The van der Waals surface area contributed by atoms with E-state index in [-0.39, 0.29) is 41.5 Å². The van der Waals surface area contributed by atoms with Crippen molar-refractivity contribution < 1.29 is 15.3 Å². The van der Waals surface area contributed by atoms with Crippen molar-refractivity contribution in [3.8, 4) is 0 Å². The maximum Gasteiger partial charge on any atom is 0.0624 e. The van der Waals surface area contributed by atoms with Gasteiger partial charge in [0, 0.05) is 17.9 Å². The van der Waals surface area contributed by atoms with Crippen molar-refractivity contribution in [2.75, 3.05) is 6.61 Å². The van der Waals surface area contributed by atoms with Gasteiger partial charge in [0.1, 0.15) is 0 Å². The molecule has 0 radical (unpaired) electrons. The molecule has 3 heteroatoms. The van der Waals surface area contributed by atoms with E-state index in [0.29, 0.717) is 11.8 Å². The van der Waals surface area contributed by atoms with E-state index in [9.17, 15) is 15.3 Å². The van der Waals surface area contributed by atoms with Gasteiger partial charge < -0.3 is 15.3 Å².